The van der Waals surface area contributed by atoms with Crippen molar-refractivity contribution >= 4 is 35.2 Å². The average molecular weight is 362 g/mol. The summed E-state index contributed by atoms with van der Waals surface area (Å²) in [7, 11) is 0. The molecule has 1 aromatic carbocycles. The lowest BCUT2D eigenvalue weighted by Gasteiger charge is -2.36. The van der Waals surface area contributed by atoms with Crippen molar-refractivity contribution < 1.29 is 19.5 Å². The molecule has 2 N–H and O–H groups in total. The summed E-state index contributed by atoms with van der Waals surface area (Å²) < 4.78 is 0. The van der Waals surface area contributed by atoms with Crippen molar-refractivity contribution in [3.63, 3.8) is 0 Å². The first kappa shape index (κ1) is 17.8. The summed E-state index contributed by atoms with van der Waals surface area (Å²) in [4.78, 5) is 38.1. The molecule has 0 spiro atoms. The normalized spacial score (nSPS) is 25.4. The highest BCUT2D eigenvalue weighted by Gasteiger charge is 2.46. The number of anilines is 1. The molecule has 2 fully saturated rings. The maximum absolute atomic E-state index is 12.7. The molecular weight excluding hydrogens is 340 g/mol. The maximum atomic E-state index is 12.7. The number of amides is 2. The van der Waals surface area contributed by atoms with Crippen LogP contribution in [-0.2, 0) is 14.4 Å². The molecule has 134 valence electrons. The van der Waals surface area contributed by atoms with Crippen molar-refractivity contribution in [2.45, 2.75) is 32.7 Å². The number of carbonyl (C=O) groups excluding carboxylic acids is 2. The van der Waals surface area contributed by atoms with Gasteiger partial charge in [-0.15, -0.1) is 11.8 Å². The molecule has 2 aliphatic rings. The number of nitrogens with one attached hydrogen (secondary N) is 1. The quantitative estimate of drug-likeness (QED) is 0.858. The second-order valence-corrected chi connectivity index (χ2v) is 7.76. The standard InChI is InChI=1S/C18H22N2O4S/c1-10-3-6-14(11(2)7-10)19-16(21)15-8-25-9-20(15)17(22)12-4-5-13(12)18(23)24/h3,6-7,12-13,15H,4-5,8-9H2,1-2H3,(H,19,21)(H,23,24). The summed E-state index contributed by atoms with van der Waals surface area (Å²) in [6, 6.07) is 5.24. The van der Waals surface area contributed by atoms with Crippen molar-refractivity contribution in [1.29, 1.82) is 0 Å². The zero-order valence-corrected chi connectivity index (χ0v) is 15.1. The second kappa shape index (κ2) is 7.07. The number of carboxylic acid groups (broad SMARTS) is 1. The highest BCUT2D eigenvalue weighted by molar-refractivity contribution is 7.99. The van der Waals surface area contributed by atoms with Gasteiger partial charge in [0.05, 0.1) is 17.7 Å². The molecule has 0 aromatic heterocycles. The van der Waals surface area contributed by atoms with Crippen LogP contribution in [-0.4, -0.2) is 45.5 Å². The third-order valence-corrected chi connectivity index (χ3v) is 6.03. The lowest BCUT2D eigenvalue weighted by Crippen LogP contribution is -2.51. The Hall–Kier alpha value is -2.02. The minimum Gasteiger partial charge on any atom is -0.481 e. The fourth-order valence-corrected chi connectivity index (χ4v) is 4.51. The summed E-state index contributed by atoms with van der Waals surface area (Å²) in [6.45, 7) is 3.92. The van der Waals surface area contributed by atoms with Gasteiger partial charge in [0, 0.05) is 11.4 Å². The summed E-state index contributed by atoms with van der Waals surface area (Å²) in [6.07, 6.45) is 1.12. The first-order valence-corrected chi connectivity index (χ1v) is 9.53. The Morgan fingerprint density at radius 3 is 2.52 bits per heavy atom. The zero-order chi connectivity index (χ0) is 18.1. The molecule has 1 aromatic rings. The summed E-state index contributed by atoms with van der Waals surface area (Å²) >= 11 is 1.52. The van der Waals surface area contributed by atoms with Gasteiger partial charge in [0.1, 0.15) is 6.04 Å². The number of carboxylic acids is 1. The van der Waals surface area contributed by atoms with E-state index in [0.29, 0.717) is 24.5 Å². The van der Waals surface area contributed by atoms with Gasteiger partial charge in [0.25, 0.3) is 0 Å². The first-order chi connectivity index (χ1) is 11.9. The van der Waals surface area contributed by atoms with Crippen LogP contribution in [0.1, 0.15) is 24.0 Å². The molecular formula is C18H22N2O4S. The van der Waals surface area contributed by atoms with E-state index in [0.717, 1.165) is 16.8 Å². The van der Waals surface area contributed by atoms with Crippen molar-refractivity contribution in [2.75, 3.05) is 16.9 Å². The number of aryl methyl sites for hydroxylation is 2. The largest absolute Gasteiger partial charge is 0.481 e. The fraction of sp³-hybridized carbons (Fsp3) is 0.500. The van der Waals surface area contributed by atoms with Gasteiger partial charge < -0.3 is 15.3 Å². The molecule has 3 atom stereocenters. The molecule has 1 heterocycles. The Kier molecular flexibility index (Phi) is 5.03. The molecule has 1 saturated heterocycles. The lowest BCUT2D eigenvalue weighted by molar-refractivity contribution is -0.157. The van der Waals surface area contributed by atoms with Crippen LogP contribution in [0.25, 0.3) is 0 Å². The predicted octanol–water partition coefficient (Wildman–Crippen LogP) is 2.25. The van der Waals surface area contributed by atoms with E-state index in [1.165, 1.54) is 11.8 Å². The topological polar surface area (TPSA) is 86.7 Å². The van der Waals surface area contributed by atoms with E-state index in [1.807, 2.05) is 32.0 Å². The first-order valence-electron chi connectivity index (χ1n) is 8.37. The zero-order valence-electron chi connectivity index (χ0n) is 14.3. The molecule has 1 aliphatic heterocycles. The molecule has 1 aliphatic carbocycles. The van der Waals surface area contributed by atoms with E-state index in [1.54, 1.807) is 4.90 Å². The Balaban J connectivity index is 1.69. The van der Waals surface area contributed by atoms with Gasteiger partial charge in [-0.1, -0.05) is 17.7 Å². The lowest BCUT2D eigenvalue weighted by atomic mass is 9.73. The van der Waals surface area contributed by atoms with Crippen molar-refractivity contribution in [3.05, 3.63) is 29.3 Å². The molecule has 3 unspecified atom stereocenters. The van der Waals surface area contributed by atoms with E-state index >= 15 is 0 Å². The molecule has 2 amide bonds. The van der Waals surface area contributed by atoms with Gasteiger partial charge in [0.2, 0.25) is 11.8 Å². The number of carbonyl (C=O) groups is 3. The van der Waals surface area contributed by atoms with Gasteiger partial charge in [-0.25, -0.2) is 0 Å². The predicted molar refractivity (Wildman–Crippen MR) is 96.4 cm³/mol. The van der Waals surface area contributed by atoms with Crippen LogP contribution in [0, 0.1) is 25.7 Å². The summed E-state index contributed by atoms with van der Waals surface area (Å²) in [5, 5.41) is 12.1. The van der Waals surface area contributed by atoms with Crippen LogP contribution in [0.2, 0.25) is 0 Å². The highest BCUT2D eigenvalue weighted by Crippen LogP contribution is 2.38. The van der Waals surface area contributed by atoms with Crippen LogP contribution in [0.15, 0.2) is 18.2 Å². The van der Waals surface area contributed by atoms with Crippen molar-refractivity contribution in [2.24, 2.45) is 11.8 Å². The number of rotatable bonds is 4. The highest BCUT2D eigenvalue weighted by atomic mass is 32.2. The van der Waals surface area contributed by atoms with Gasteiger partial charge in [-0.05, 0) is 38.3 Å². The molecule has 6 nitrogen and oxygen atoms in total. The van der Waals surface area contributed by atoms with E-state index in [9.17, 15) is 14.4 Å². The minimum atomic E-state index is -0.923. The Labute approximate surface area is 151 Å². The number of hydrogen-bond donors (Lipinski definition) is 2. The number of nitrogens with zero attached hydrogens (tertiary/aromatic N) is 1. The number of thioether (sulfide) groups is 1. The molecule has 3 rings (SSSR count). The Morgan fingerprint density at radius 1 is 1.20 bits per heavy atom. The molecule has 1 saturated carbocycles. The monoisotopic (exact) mass is 362 g/mol. The van der Waals surface area contributed by atoms with Gasteiger partial charge in [0.15, 0.2) is 0 Å². The third kappa shape index (κ3) is 3.51. The smallest absolute Gasteiger partial charge is 0.307 e. The molecule has 25 heavy (non-hydrogen) atoms. The van der Waals surface area contributed by atoms with Crippen LogP contribution in [0.3, 0.4) is 0 Å². The maximum Gasteiger partial charge on any atom is 0.307 e. The van der Waals surface area contributed by atoms with Crippen LogP contribution >= 0.6 is 11.8 Å². The molecule has 7 heteroatoms. The van der Waals surface area contributed by atoms with Crippen LogP contribution in [0.5, 0.6) is 0 Å². The second-order valence-electron chi connectivity index (χ2n) is 6.76. The SMILES string of the molecule is Cc1ccc(NC(=O)C2CSCN2C(=O)C2CCC2C(=O)O)c(C)c1. The average Bonchev–Trinajstić information content (AvgIpc) is 2.97. The summed E-state index contributed by atoms with van der Waals surface area (Å²) in [5.74, 6) is -1.47. The number of benzene rings is 1. The number of aliphatic carboxylic acids is 1. The van der Waals surface area contributed by atoms with Crippen LogP contribution < -0.4 is 5.32 Å². The van der Waals surface area contributed by atoms with E-state index < -0.39 is 23.8 Å². The van der Waals surface area contributed by atoms with E-state index in [2.05, 4.69) is 5.32 Å². The van der Waals surface area contributed by atoms with Crippen molar-refractivity contribution in [1.82, 2.24) is 4.90 Å². The fourth-order valence-electron chi connectivity index (χ4n) is 3.35. The van der Waals surface area contributed by atoms with Gasteiger partial charge in [-0.3, -0.25) is 14.4 Å². The number of hydrogen-bond acceptors (Lipinski definition) is 4. The molecule has 0 bridgehead atoms. The Morgan fingerprint density at radius 2 is 1.92 bits per heavy atom. The van der Waals surface area contributed by atoms with E-state index in [4.69, 9.17) is 5.11 Å². The third-order valence-electron chi connectivity index (χ3n) is 5.02. The minimum absolute atomic E-state index is 0.204. The van der Waals surface area contributed by atoms with E-state index in [-0.39, 0.29) is 11.8 Å². The summed E-state index contributed by atoms with van der Waals surface area (Å²) in [5.41, 5.74) is 2.84. The molecule has 0 radical (unpaired) electrons. The Bertz CT molecular complexity index is 721. The van der Waals surface area contributed by atoms with Crippen LogP contribution in [0.4, 0.5) is 5.69 Å². The van der Waals surface area contributed by atoms with Gasteiger partial charge in [-0.2, -0.15) is 0 Å². The van der Waals surface area contributed by atoms with Gasteiger partial charge >= 0.3 is 5.97 Å². The van der Waals surface area contributed by atoms with Crippen molar-refractivity contribution in [3.8, 4) is 0 Å².